The molecule has 6 heteroatoms. The highest BCUT2D eigenvalue weighted by atomic mass is 16.4. The van der Waals surface area contributed by atoms with Gasteiger partial charge in [0, 0.05) is 17.3 Å². The monoisotopic (exact) mass is 371 g/mol. The van der Waals surface area contributed by atoms with Crippen molar-refractivity contribution in [1.29, 1.82) is 0 Å². The number of hydrogen-bond donors (Lipinski definition) is 2. The Bertz CT molecular complexity index is 811. The summed E-state index contributed by atoms with van der Waals surface area (Å²) < 4.78 is 0. The van der Waals surface area contributed by atoms with Gasteiger partial charge in [0.2, 0.25) is 0 Å². The predicted octanol–water partition coefficient (Wildman–Crippen LogP) is 2.04. The van der Waals surface area contributed by atoms with Gasteiger partial charge in [0.15, 0.2) is 5.78 Å². The summed E-state index contributed by atoms with van der Waals surface area (Å²) in [5, 5.41) is 11.6. The van der Waals surface area contributed by atoms with Gasteiger partial charge in [-0.1, -0.05) is 19.9 Å². The first kappa shape index (κ1) is 18.1. The van der Waals surface area contributed by atoms with Crippen LogP contribution >= 0.6 is 0 Å². The number of allylic oxidation sites excluding steroid dienone is 3. The van der Waals surface area contributed by atoms with E-state index in [-0.39, 0.29) is 29.0 Å². The van der Waals surface area contributed by atoms with Gasteiger partial charge in [-0.3, -0.25) is 14.4 Å². The summed E-state index contributed by atoms with van der Waals surface area (Å²) in [6, 6.07) is -0.494. The Morgan fingerprint density at radius 2 is 1.93 bits per heavy atom. The van der Waals surface area contributed by atoms with Gasteiger partial charge >= 0.3 is 11.9 Å². The molecule has 0 aliphatic heterocycles. The SMILES string of the molecule is C[C@]12C=CC(=O)C=C1[C@H](NC(=O)C(=O)O)C[C@@H]1[C@@H]2CC[C@]2(C)C(=O)CC[C@@H]12. The topological polar surface area (TPSA) is 101 Å². The van der Waals surface area contributed by atoms with Crippen LogP contribution < -0.4 is 5.32 Å². The summed E-state index contributed by atoms with van der Waals surface area (Å²) in [6.45, 7) is 4.15. The molecule has 0 aromatic heterocycles. The number of nitrogens with one attached hydrogen (secondary N) is 1. The molecular formula is C21H25NO5. The number of aliphatic carboxylic acids is 1. The maximum Gasteiger partial charge on any atom is 0.394 e. The van der Waals surface area contributed by atoms with E-state index < -0.39 is 23.3 Å². The zero-order valence-corrected chi connectivity index (χ0v) is 15.7. The number of carbonyl (C=O) groups is 4. The molecule has 27 heavy (non-hydrogen) atoms. The lowest BCUT2D eigenvalue weighted by Gasteiger charge is -2.57. The van der Waals surface area contributed by atoms with Gasteiger partial charge in [-0.05, 0) is 61.2 Å². The third-order valence-electron chi connectivity index (χ3n) is 7.81. The lowest BCUT2D eigenvalue weighted by atomic mass is 9.47. The van der Waals surface area contributed by atoms with Crippen molar-refractivity contribution in [3.8, 4) is 0 Å². The molecule has 6 nitrogen and oxygen atoms in total. The highest BCUT2D eigenvalue weighted by Crippen LogP contribution is 2.63. The van der Waals surface area contributed by atoms with E-state index in [0.717, 1.165) is 24.8 Å². The summed E-state index contributed by atoms with van der Waals surface area (Å²) in [5.74, 6) is -1.63. The van der Waals surface area contributed by atoms with Crippen molar-refractivity contribution < 1.29 is 24.3 Å². The van der Waals surface area contributed by atoms with Crippen LogP contribution in [0.4, 0.5) is 0 Å². The van der Waals surface area contributed by atoms with Crippen molar-refractivity contribution in [3.05, 3.63) is 23.8 Å². The second kappa shape index (κ2) is 5.88. The molecule has 0 radical (unpaired) electrons. The molecule has 4 rings (SSSR count). The second-order valence-electron chi connectivity index (χ2n) is 8.98. The molecule has 3 fully saturated rings. The molecular weight excluding hydrogens is 346 g/mol. The highest BCUT2D eigenvalue weighted by molar-refractivity contribution is 6.31. The van der Waals surface area contributed by atoms with Crippen LogP contribution in [0.5, 0.6) is 0 Å². The summed E-state index contributed by atoms with van der Waals surface area (Å²) in [5.41, 5.74) is 0.0907. The van der Waals surface area contributed by atoms with Crippen molar-refractivity contribution >= 4 is 23.4 Å². The Labute approximate surface area is 158 Å². The third kappa shape index (κ3) is 2.52. The highest BCUT2D eigenvalue weighted by Gasteiger charge is 2.60. The molecule has 0 heterocycles. The number of Topliss-reactive ketones (excluding diaryl/α,β-unsaturated/α-hetero) is 1. The Hall–Kier alpha value is -2.24. The fraction of sp³-hybridized carbons (Fsp3) is 0.619. The average Bonchev–Trinajstić information content (AvgIpc) is 2.91. The summed E-state index contributed by atoms with van der Waals surface area (Å²) in [4.78, 5) is 47.5. The molecule has 4 aliphatic carbocycles. The fourth-order valence-electron chi connectivity index (χ4n) is 6.41. The van der Waals surface area contributed by atoms with E-state index in [2.05, 4.69) is 19.2 Å². The maximum atomic E-state index is 12.5. The van der Waals surface area contributed by atoms with Crippen LogP contribution in [0.25, 0.3) is 0 Å². The van der Waals surface area contributed by atoms with Gasteiger partial charge in [0.05, 0.1) is 6.04 Å². The largest absolute Gasteiger partial charge is 0.474 e. The Kier molecular flexibility index (Phi) is 3.95. The number of ketones is 2. The van der Waals surface area contributed by atoms with Crippen LogP contribution in [0.15, 0.2) is 23.8 Å². The van der Waals surface area contributed by atoms with Crippen LogP contribution in [0.2, 0.25) is 0 Å². The van der Waals surface area contributed by atoms with Crippen LogP contribution in [-0.4, -0.2) is 34.6 Å². The molecule has 0 aromatic rings. The van der Waals surface area contributed by atoms with Crippen LogP contribution in [0, 0.1) is 28.6 Å². The summed E-state index contributed by atoms with van der Waals surface area (Å²) >= 11 is 0. The van der Waals surface area contributed by atoms with Gasteiger partial charge in [0.25, 0.3) is 0 Å². The Balaban J connectivity index is 1.74. The van der Waals surface area contributed by atoms with E-state index in [1.165, 1.54) is 0 Å². The van der Waals surface area contributed by atoms with Crippen LogP contribution in [0.1, 0.15) is 46.0 Å². The summed E-state index contributed by atoms with van der Waals surface area (Å²) in [6.07, 6.45) is 8.87. The molecule has 6 atom stereocenters. The van der Waals surface area contributed by atoms with Gasteiger partial charge in [0.1, 0.15) is 5.78 Å². The van der Waals surface area contributed by atoms with Crippen molar-refractivity contribution in [3.63, 3.8) is 0 Å². The number of hydrogen-bond acceptors (Lipinski definition) is 4. The zero-order valence-electron chi connectivity index (χ0n) is 15.7. The predicted molar refractivity (Wildman–Crippen MR) is 96.6 cm³/mol. The fourth-order valence-corrected chi connectivity index (χ4v) is 6.41. The van der Waals surface area contributed by atoms with Crippen LogP contribution in [-0.2, 0) is 19.2 Å². The van der Waals surface area contributed by atoms with E-state index in [9.17, 15) is 19.2 Å². The van der Waals surface area contributed by atoms with Crippen molar-refractivity contribution in [1.82, 2.24) is 5.32 Å². The van der Waals surface area contributed by atoms with Gasteiger partial charge in [-0.2, -0.15) is 0 Å². The van der Waals surface area contributed by atoms with Crippen molar-refractivity contribution in [2.75, 3.05) is 0 Å². The molecule has 2 N–H and O–H groups in total. The minimum atomic E-state index is -1.53. The number of carboxylic acid groups (broad SMARTS) is 1. The first-order valence-corrected chi connectivity index (χ1v) is 9.69. The Morgan fingerprint density at radius 3 is 2.63 bits per heavy atom. The summed E-state index contributed by atoms with van der Waals surface area (Å²) in [7, 11) is 0. The molecule has 144 valence electrons. The average molecular weight is 371 g/mol. The number of carbonyl (C=O) groups excluding carboxylic acids is 3. The Morgan fingerprint density at radius 1 is 1.19 bits per heavy atom. The number of fused-ring (bicyclic) bond motifs is 5. The number of carboxylic acids is 1. The maximum absolute atomic E-state index is 12.5. The number of rotatable bonds is 1. The molecule has 1 amide bonds. The normalized spacial score (nSPS) is 42.7. The quantitative estimate of drug-likeness (QED) is 0.687. The molecule has 0 unspecified atom stereocenters. The van der Waals surface area contributed by atoms with Gasteiger partial charge in [-0.15, -0.1) is 0 Å². The minimum Gasteiger partial charge on any atom is -0.474 e. The van der Waals surface area contributed by atoms with Gasteiger partial charge in [-0.25, -0.2) is 4.79 Å². The standard InChI is InChI=1S/C21H25NO5/c1-20-7-5-11(23)9-15(20)16(22-18(25)19(26)27)10-12-13-3-4-17(24)21(13,2)8-6-14(12)20/h5,7,9,12-14,16H,3-4,6,8,10H2,1-2H3,(H,22,25)(H,26,27)/t12-,13-,14-,16+,20+,21-/m0/s1. The minimum absolute atomic E-state index is 0.132. The molecule has 0 bridgehead atoms. The van der Waals surface area contributed by atoms with E-state index in [1.807, 2.05) is 6.08 Å². The van der Waals surface area contributed by atoms with Gasteiger partial charge < -0.3 is 10.4 Å². The lowest BCUT2D eigenvalue weighted by molar-refractivity contribution is -0.150. The second-order valence-corrected chi connectivity index (χ2v) is 8.98. The first-order valence-electron chi connectivity index (χ1n) is 9.69. The molecule has 4 aliphatic rings. The molecule has 0 aromatic carbocycles. The lowest BCUT2D eigenvalue weighted by Crippen LogP contribution is -2.57. The van der Waals surface area contributed by atoms with E-state index >= 15 is 0 Å². The van der Waals surface area contributed by atoms with E-state index in [4.69, 9.17) is 5.11 Å². The van der Waals surface area contributed by atoms with Crippen LogP contribution in [0.3, 0.4) is 0 Å². The third-order valence-corrected chi connectivity index (χ3v) is 7.81. The molecule has 3 saturated carbocycles. The first-order chi connectivity index (χ1) is 12.7. The van der Waals surface area contributed by atoms with E-state index in [0.29, 0.717) is 18.6 Å². The van der Waals surface area contributed by atoms with E-state index in [1.54, 1.807) is 12.2 Å². The van der Waals surface area contributed by atoms with Crippen molar-refractivity contribution in [2.24, 2.45) is 28.6 Å². The smallest absolute Gasteiger partial charge is 0.394 e. The number of amides is 1. The molecule has 0 spiro atoms. The molecule has 0 saturated heterocycles. The zero-order chi connectivity index (χ0) is 19.6. The van der Waals surface area contributed by atoms with Crippen molar-refractivity contribution in [2.45, 2.75) is 52.0 Å².